The van der Waals surface area contributed by atoms with Gasteiger partial charge in [0, 0.05) is 23.5 Å². The van der Waals surface area contributed by atoms with Crippen molar-refractivity contribution in [2.75, 3.05) is 6.61 Å². The first-order valence-electron chi connectivity index (χ1n) is 8.06. The van der Waals surface area contributed by atoms with Crippen LogP contribution in [0.4, 0.5) is 0 Å². The van der Waals surface area contributed by atoms with Crippen LogP contribution in [0.3, 0.4) is 0 Å². The number of rotatable bonds is 4. The van der Waals surface area contributed by atoms with E-state index in [4.69, 9.17) is 4.74 Å². The molecule has 24 heavy (non-hydrogen) atoms. The van der Waals surface area contributed by atoms with Gasteiger partial charge in [-0.1, -0.05) is 49.9 Å². The van der Waals surface area contributed by atoms with Gasteiger partial charge in [-0.15, -0.1) is 0 Å². The molecule has 0 spiro atoms. The molecule has 0 aliphatic rings. The molecule has 0 N–H and O–H groups in total. The molecule has 2 heterocycles. The minimum atomic E-state index is 0.661. The molecule has 0 atom stereocenters. The first-order chi connectivity index (χ1) is 11.9. The maximum atomic E-state index is 5.53. The normalized spacial score (nSPS) is 8.96. The molecular formula is C20H24N2OS. The van der Waals surface area contributed by atoms with Crippen LogP contribution in [-0.4, -0.2) is 16.6 Å². The molecule has 0 radical (unpaired) electrons. The van der Waals surface area contributed by atoms with Crippen molar-refractivity contribution in [3.63, 3.8) is 0 Å². The van der Waals surface area contributed by atoms with Gasteiger partial charge >= 0.3 is 0 Å². The SMILES string of the molecule is CC.CCOc1cccnc1Sc1ccccc1.c1ccncc1. The molecule has 3 rings (SSSR count). The number of hydrogen-bond donors (Lipinski definition) is 0. The lowest BCUT2D eigenvalue weighted by atomic mass is 10.4. The molecule has 0 fully saturated rings. The van der Waals surface area contributed by atoms with Gasteiger partial charge in [0.1, 0.15) is 5.03 Å². The standard InChI is InChI=1S/C13H13NOS.C5H5N.C2H6/c1-2-15-12-9-6-10-14-13(12)16-11-7-4-3-5-8-11;1-2-4-6-5-3-1;1-2/h3-10H,2H2,1H3;1-5H;1-2H3. The topological polar surface area (TPSA) is 35.0 Å². The summed E-state index contributed by atoms with van der Waals surface area (Å²) in [6.07, 6.45) is 5.29. The van der Waals surface area contributed by atoms with Crippen LogP contribution in [-0.2, 0) is 0 Å². The van der Waals surface area contributed by atoms with Crippen molar-refractivity contribution in [3.8, 4) is 5.75 Å². The first-order valence-corrected chi connectivity index (χ1v) is 8.87. The molecule has 0 aliphatic heterocycles. The molecule has 0 unspecified atom stereocenters. The number of benzene rings is 1. The van der Waals surface area contributed by atoms with E-state index in [1.807, 2.05) is 69.3 Å². The van der Waals surface area contributed by atoms with E-state index in [9.17, 15) is 0 Å². The molecule has 0 amide bonds. The van der Waals surface area contributed by atoms with Crippen LogP contribution < -0.4 is 4.74 Å². The second-order valence-corrected chi connectivity index (χ2v) is 5.24. The van der Waals surface area contributed by atoms with Gasteiger partial charge < -0.3 is 4.74 Å². The number of ether oxygens (including phenoxy) is 1. The van der Waals surface area contributed by atoms with Crippen molar-refractivity contribution in [3.05, 3.63) is 79.3 Å². The van der Waals surface area contributed by atoms with Crippen LogP contribution in [0.2, 0.25) is 0 Å². The van der Waals surface area contributed by atoms with Crippen LogP contribution in [0.1, 0.15) is 20.8 Å². The van der Waals surface area contributed by atoms with Crippen LogP contribution in [0, 0.1) is 0 Å². The summed E-state index contributed by atoms with van der Waals surface area (Å²) in [5, 5.41) is 0.913. The molecule has 4 heteroatoms. The zero-order valence-electron chi connectivity index (χ0n) is 14.4. The zero-order valence-corrected chi connectivity index (χ0v) is 15.2. The van der Waals surface area contributed by atoms with Gasteiger partial charge in [0.15, 0.2) is 5.75 Å². The second kappa shape index (κ2) is 13.1. The third-order valence-corrected chi connectivity index (χ3v) is 3.57. The Morgan fingerprint density at radius 1 is 0.833 bits per heavy atom. The zero-order chi connectivity index (χ0) is 17.5. The number of pyridine rings is 2. The van der Waals surface area contributed by atoms with Crippen LogP contribution in [0.5, 0.6) is 5.75 Å². The molecule has 126 valence electrons. The molecule has 0 aliphatic carbocycles. The minimum absolute atomic E-state index is 0.661. The number of aromatic nitrogens is 2. The van der Waals surface area contributed by atoms with Gasteiger partial charge in [0.2, 0.25) is 0 Å². The molecule has 0 bridgehead atoms. The second-order valence-electron chi connectivity index (χ2n) is 4.18. The quantitative estimate of drug-likeness (QED) is 0.606. The van der Waals surface area contributed by atoms with E-state index in [1.54, 1.807) is 30.4 Å². The van der Waals surface area contributed by atoms with Crippen LogP contribution in [0.15, 0.2) is 89.2 Å². The van der Waals surface area contributed by atoms with E-state index in [0.29, 0.717) is 6.61 Å². The third kappa shape index (κ3) is 7.79. The highest BCUT2D eigenvalue weighted by atomic mass is 32.2. The van der Waals surface area contributed by atoms with E-state index in [-0.39, 0.29) is 0 Å². The van der Waals surface area contributed by atoms with Gasteiger partial charge in [-0.3, -0.25) is 4.98 Å². The summed E-state index contributed by atoms with van der Waals surface area (Å²) in [5.41, 5.74) is 0. The molecule has 2 aromatic heterocycles. The summed E-state index contributed by atoms with van der Waals surface area (Å²) in [6.45, 7) is 6.64. The fraction of sp³-hybridized carbons (Fsp3) is 0.200. The molecule has 3 aromatic rings. The summed E-state index contributed by atoms with van der Waals surface area (Å²) < 4.78 is 5.53. The Balaban J connectivity index is 0.000000300. The number of nitrogens with zero attached hydrogens (tertiary/aromatic N) is 2. The van der Waals surface area contributed by atoms with E-state index < -0.39 is 0 Å². The van der Waals surface area contributed by atoms with Gasteiger partial charge in [-0.25, -0.2) is 4.98 Å². The van der Waals surface area contributed by atoms with Gasteiger partial charge in [0.25, 0.3) is 0 Å². The lowest BCUT2D eigenvalue weighted by Crippen LogP contribution is -1.94. The smallest absolute Gasteiger partial charge is 0.151 e. The van der Waals surface area contributed by atoms with Crippen LogP contribution in [0.25, 0.3) is 0 Å². The van der Waals surface area contributed by atoms with E-state index in [0.717, 1.165) is 10.8 Å². The summed E-state index contributed by atoms with van der Waals surface area (Å²) in [4.78, 5) is 9.28. The molecule has 3 nitrogen and oxygen atoms in total. The molecular weight excluding hydrogens is 316 g/mol. The minimum Gasteiger partial charge on any atom is -0.491 e. The van der Waals surface area contributed by atoms with Gasteiger partial charge in [-0.05, 0) is 43.3 Å². The molecule has 1 aromatic carbocycles. The predicted octanol–water partition coefficient (Wildman–Crippen LogP) is 5.74. The summed E-state index contributed by atoms with van der Waals surface area (Å²) >= 11 is 1.62. The maximum absolute atomic E-state index is 5.53. The maximum Gasteiger partial charge on any atom is 0.151 e. The fourth-order valence-electron chi connectivity index (χ4n) is 1.63. The van der Waals surface area contributed by atoms with Crippen molar-refractivity contribution in [1.82, 2.24) is 9.97 Å². The van der Waals surface area contributed by atoms with Gasteiger partial charge in [0.05, 0.1) is 6.61 Å². The largest absolute Gasteiger partial charge is 0.491 e. The number of hydrogen-bond acceptors (Lipinski definition) is 4. The summed E-state index contributed by atoms with van der Waals surface area (Å²) in [5.74, 6) is 0.846. The highest BCUT2D eigenvalue weighted by Gasteiger charge is 2.05. The average molecular weight is 340 g/mol. The summed E-state index contributed by atoms with van der Waals surface area (Å²) in [6, 6.07) is 19.7. The Morgan fingerprint density at radius 2 is 1.50 bits per heavy atom. The summed E-state index contributed by atoms with van der Waals surface area (Å²) in [7, 11) is 0. The van der Waals surface area contributed by atoms with Gasteiger partial charge in [-0.2, -0.15) is 0 Å². The average Bonchev–Trinajstić information content (AvgIpc) is 2.68. The third-order valence-electron chi connectivity index (χ3n) is 2.56. The van der Waals surface area contributed by atoms with Crippen molar-refractivity contribution in [2.45, 2.75) is 30.7 Å². The lowest BCUT2D eigenvalue weighted by Gasteiger charge is -2.07. The van der Waals surface area contributed by atoms with E-state index >= 15 is 0 Å². The van der Waals surface area contributed by atoms with Crippen LogP contribution >= 0.6 is 11.8 Å². The first kappa shape index (κ1) is 19.7. The Hall–Kier alpha value is -2.33. The van der Waals surface area contributed by atoms with Crippen molar-refractivity contribution < 1.29 is 4.74 Å². The fourth-order valence-corrected chi connectivity index (χ4v) is 2.49. The highest BCUT2D eigenvalue weighted by molar-refractivity contribution is 7.99. The Labute approximate surface area is 149 Å². The molecule has 0 saturated carbocycles. The van der Waals surface area contributed by atoms with E-state index in [1.165, 1.54) is 4.90 Å². The monoisotopic (exact) mass is 340 g/mol. The Bertz CT molecular complexity index is 621. The predicted molar refractivity (Wildman–Crippen MR) is 102 cm³/mol. The van der Waals surface area contributed by atoms with Crippen molar-refractivity contribution in [1.29, 1.82) is 0 Å². The van der Waals surface area contributed by atoms with Crippen molar-refractivity contribution >= 4 is 11.8 Å². The molecule has 0 saturated heterocycles. The Morgan fingerprint density at radius 3 is 2.04 bits per heavy atom. The lowest BCUT2D eigenvalue weighted by molar-refractivity contribution is 0.329. The van der Waals surface area contributed by atoms with E-state index in [2.05, 4.69) is 22.1 Å². The Kier molecular flexibility index (Phi) is 10.8. The highest BCUT2D eigenvalue weighted by Crippen LogP contribution is 2.32. The van der Waals surface area contributed by atoms with Crippen molar-refractivity contribution in [2.24, 2.45) is 0 Å².